The summed E-state index contributed by atoms with van der Waals surface area (Å²) in [6, 6.07) is 17.3. The van der Waals surface area contributed by atoms with Crippen LogP contribution in [0.1, 0.15) is 11.1 Å². The van der Waals surface area contributed by atoms with Crippen molar-refractivity contribution in [3.05, 3.63) is 72.1 Å². The van der Waals surface area contributed by atoms with Crippen molar-refractivity contribution in [3.8, 4) is 11.6 Å². The van der Waals surface area contributed by atoms with Crippen LogP contribution in [0.25, 0.3) is 21.7 Å². The molecule has 0 saturated heterocycles. The third-order valence-electron chi connectivity index (χ3n) is 4.22. The molecule has 1 aromatic heterocycles. The fraction of sp³-hybridized carbons (Fsp3) is 0.100. The topological polar surface area (TPSA) is 75.5 Å². The first-order chi connectivity index (χ1) is 12.3. The van der Waals surface area contributed by atoms with Gasteiger partial charge in [0.05, 0.1) is 24.1 Å². The molecule has 0 bridgehead atoms. The normalized spacial score (nSPS) is 11.1. The average molecular weight is 332 g/mol. The zero-order valence-electron chi connectivity index (χ0n) is 13.4. The molecule has 4 aromatic rings. The van der Waals surface area contributed by atoms with Gasteiger partial charge in [-0.2, -0.15) is 0 Å². The number of hydrogen-bond acceptors (Lipinski definition) is 5. The second-order valence-electron chi connectivity index (χ2n) is 5.71. The van der Waals surface area contributed by atoms with Gasteiger partial charge < -0.3 is 14.9 Å². The molecule has 124 valence electrons. The molecule has 1 heterocycles. The minimum Gasteiger partial charge on any atom is -0.438 e. The lowest BCUT2D eigenvalue weighted by atomic mass is 10.1. The molecule has 5 heteroatoms. The Morgan fingerprint density at radius 2 is 1.56 bits per heavy atom. The first kappa shape index (κ1) is 15.5. The number of rotatable bonds is 4. The highest BCUT2D eigenvalue weighted by molar-refractivity contribution is 5.90. The number of aliphatic hydroxyl groups is 2. The number of fused-ring (bicyclic) bond motifs is 2. The van der Waals surface area contributed by atoms with Crippen molar-refractivity contribution in [2.24, 2.45) is 0 Å². The predicted molar refractivity (Wildman–Crippen MR) is 95.4 cm³/mol. The Labute approximate surface area is 144 Å². The van der Waals surface area contributed by atoms with Crippen LogP contribution in [0.15, 0.2) is 60.9 Å². The maximum Gasteiger partial charge on any atom is 0.230 e. The van der Waals surface area contributed by atoms with Crippen LogP contribution in [0.2, 0.25) is 0 Å². The van der Waals surface area contributed by atoms with Gasteiger partial charge in [-0.15, -0.1) is 0 Å². The van der Waals surface area contributed by atoms with Crippen molar-refractivity contribution in [2.45, 2.75) is 13.2 Å². The molecule has 0 unspecified atom stereocenters. The van der Waals surface area contributed by atoms with E-state index in [0.29, 0.717) is 33.7 Å². The number of nitrogens with zero attached hydrogens (tertiary/aromatic N) is 2. The van der Waals surface area contributed by atoms with Crippen LogP contribution in [0.5, 0.6) is 11.6 Å². The highest BCUT2D eigenvalue weighted by Crippen LogP contribution is 2.33. The summed E-state index contributed by atoms with van der Waals surface area (Å²) >= 11 is 0. The van der Waals surface area contributed by atoms with Gasteiger partial charge in [-0.3, -0.25) is 0 Å². The molecule has 0 radical (unpaired) electrons. The van der Waals surface area contributed by atoms with Crippen LogP contribution >= 0.6 is 0 Å². The molecule has 0 spiro atoms. The van der Waals surface area contributed by atoms with Gasteiger partial charge in [-0.1, -0.05) is 36.4 Å². The third-order valence-corrected chi connectivity index (χ3v) is 4.22. The standard InChI is InChI=1S/C20H16N2O3/c23-10-14-8-17-18(9-15(14)11-24)21-12-22-20(17)25-19-7-3-5-13-4-1-2-6-16(13)19/h1-9,12,23-24H,10-11H2. The summed E-state index contributed by atoms with van der Waals surface area (Å²) in [6.45, 7) is -0.330. The van der Waals surface area contributed by atoms with E-state index in [-0.39, 0.29) is 13.2 Å². The van der Waals surface area contributed by atoms with Crippen molar-refractivity contribution in [3.63, 3.8) is 0 Å². The summed E-state index contributed by atoms with van der Waals surface area (Å²) in [7, 11) is 0. The SMILES string of the molecule is OCc1cc2ncnc(Oc3cccc4ccccc34)c2cc1CO. The van der Waals surface area contributed by atoms with Crippen LogP contribution in [-0.4, -0.2) is 20.2 Å². The lowest BCUT2D eigenvalue weighted by Crippen LogP contribution is -1.98. The maximum absolute atomic E-state index is 9.54. The van der Waals surface area contributed by atoms with E-state index in [0.717, 1.165) is 10.8 Å². The molecule has 0 amide bonds. The predicted octanol–water partition coefficient (Wildman–Crippen LogP) is 3.56. The fourth-order valence-corrected chi connectivity index (χ4v) is 2.93. The molecule has 0 aliphatic heterocycles. The highest BCUT2D eigenvalue weighted by Gasteiger charge is 2.12. The van der Waals surface area contributed by atoms with Crippen LogP contribution in [0, 0.1) is 0 Å². The van der Waals surface area contributed by atoms with Gasteiger partial charge in [0.25, 0.3) is 0 Å². The summed E-state index contributed by atoms with van der Waals surface area (Å²) in [4.78, 5) is 8.51. The minimum absolute atomic E-state index is 0.157. The van der Waals surface area contributed by atoms with E-state index in [1.54, 1.807) is 12.1 Å². The van der Waals surface area contributed by atoms with Gasteiger partial charge in [-0.05, 0) is 34.7 Å². The molecule has 0 saturated carbocycles. The van der Waals surface area contributed by atoms with E-state index in [4.69, 9.17) is 4.74 Å². The van der Waals surface area contributed by atoms with Crippen LogP contribution < -0.4 is 4.74 Å². The molecule has 25 heavy (non-hydrogen) atoms. The van der Waals surface area contributed by atoms with Crippen molar-refractivity contribution >= 4 is 21.7 Å². The van der Waals surface area contributed by atoms with Crippen LogP contribution in [-0.2, 0) is 13.2 Å². The van der Waals surface area contributed by atoms with Gasteiger partial charge in [0, 0.05) is 5.39 Å². The van der Waals surface area contributed by atoms with Crippen LogP contribution in [0.4, 0.5) is 0 Å². The van der Waals surface area contributed by atoms with E-state index in [9.17, 15) is 10.2 Å². The molecule has 5 nitrogen and oxygen atoms in total. The molecular weight excluding hydrogens is 316 g/mol. The lowest BCUT2D eigenvalue weighted by molar-refractivity contribution is 0.260. The van der Waals surface area contributed by atoms with Gasteiger partial charge >= 0.3 is 0 Å². The lowest BCUT2D eigenvalue weighted by Gasteiger charge is -2.12. The smallest absolute Gasteiger partial charge is 0.230 e. The van der Waals surface area contributed by atoms with E-state index in [1.807, 2.05) is 42.5 Å². The second kappa shape index (κ2) is 6.47. The fourth-order valence-electron chi connectivity index (χ4n) is 2.93. The Kier molecular flexibility index (Phi) is 4.01. The monoisotopic (exact) mass is 332 g/mol. The van der Waals surface area contributed by atoms with Crippen molar-refractivity contribution in [1.82, 2.24) is 9.97 Å². The Morgan fingerprint density at radius 1 is 0.800 bits per heavy atom. The number of ether oxygens (including phenoxy) is 1. The highest BCUT2D eigenvalue weighted by atomic mass is 16.5. The number of hydrogen-bond donors (Lipinski definition) is 2. The van der Waals surface area contributed by atoms with Crippen molar-refractivity contribution < 1.29 is 14.9 Å². The van der Waals surface area contributed by atoms with Gasteiger partial charge in [0.2, 0.25) is 5.88 Å². The summed E-state index contributed by atoms with van der Waals surface area (Å²) < 4.78 is 6.08. The molecule has 0 fully saturated rings. The first-order valence-corrected chi connectivity index (χ1v) is 7.94. The molecule has 2 N–H and O–H groups in total. The Hall–Kier alpha value is -3.02. The molecule has 0 aliphatic rings. The summed E-state index contributed by atoms with van der Waals surface area (Å²) in [5.41, 5.74) is 1.93. The second-order valence-corrected chi connectivity index (χ2v) is 5.71. The van der Waals surface area contributed by atoms with E-state index in [2.05, 4.69) is 9.97 Å². The number of aromatic nitrogens is 2. The van der Waals surface area contributed by atoms with Crippen molar-refractivity contribution in [2.75, 3.05) is 0 Å². The van der Waals surface area contributed by atoms with Crippen molar-refractivity contribution in [1.29, 1.82) is 0 Å². The quantitative estimate of drug-likeness (QED) is 0.598. The third kappa shape index (κ3) is 2.80. The molecule has 0 aliphatic carbocycles. The molecule has 3 aromatic carbocycles. The van der Waals surface area contributed by atoms with E-state index in [1.165, 1.54) is 6.33 Å². The summed E-state index contributed by atoms with van der Waals surface area (Å²) in [5, 5.41) is 21.7. The van der Waals surface area contributed by atoms with Gasteiger partial charge in [0.1, 0.15) is 12.1 Å². The maximum atomic E-state index is 9.54. The summed E-state index contributed by atoms with van der Waals surface area (Å²) in [6.07, 6.45) is 1.43. The first-order valence-electron chi connectivity index (χ1n) is 7.94. The van der Waals surface area contributed by atoms with Gasteiger partial charge in [-0.25, -0.2) is 9.97 Å². The Morgan fingerprint density at radius 3 is 2.40 bits per heavy atom. The minimum atomic E-state index is -0.172. The zero-order valence-corrected chi connectivity index (χ0v) is 13.4. The van der Waals surface area contributed by atoms with Crippen LogP contribution in [0.3, 0.4) is 0 Å². The zero-order chi connectivity index (χ0) is 17.2. The number of aliphatic hydroxyl groups excluding tert-OH is 2. The molecule has 0 atom stereocenters. The summed E-state index contributed by atoms with van der Waals surface area (Å²) in [5.74, 6) is 1.12. The largest absolute Gasteiger partial charge is 0.438 e. The van der Waals surface area contributed by atoms with E-state index >= 15 is 0 Å². The van der Waals surface area contributed by atoms with Gasteiger partial charge in [0.15, 0.2) is 0 Å². The Bertz CT molecular complexity index is 1060. The number of benzene rings is 3. The average Bonchev–Trinajstić information content (AvgIpc) is 2.67. The Balaban J connectivity index is 1.86. The molecule has 4 rings (SSSR count). The van der Waals surface area contributed by atoms with E-state index < -0.39 is 0 Å². The molecular formula is C20H16N2O3.